The minimum Gasteiger partial charge on any atom is -0.0996 e. The molecule has 0 radical (unpaired) electrons. The van der Waals surface area contributed by atoms with Crippen molar-refractivity contribution in [1.82, 2.24) is 0 Å². The molecule has 66 valence electrons. The normalized spacial score (nSPS) is 35.8. The highest BCUT2D eigenvalue weighted by Gasteiger charge is 2.31. The summed E-state index contributed by atoms with van der Waals surface area (Å²) in [5.41, 5.74) is 1.53. The van der Waals surface area contributed by atoms with Crippen LogP contribution < -0.4 is 0 Å². The molecular formula is C12H18. The number of hydrogen-bond acceptors (Lipinski definition) is 0. The van der Waals surface area contributed by atoms with Gasteiger partial charge in [-0.25, -0.2) is 0 Å². The lowest BCUT2D eigenvalue weighted by Gasteiger charge is -2.38. The zero-order valence-corrected chi connectivity index (χ0v) is 7.76. The minimum absolute atomic E-state index is 0.893. The molecule has 0 aromatic rings. The van der Waals surface area contributed by atoms with E-state index in [0.717, 1.165) is 11.8 Å². The Kier molecular flexibility index (Phi) is 2.34. The van der Waals surface area contributed by atoms with Gasteiger partial charge in [0.25, 0.3) is 0 Å². The monoisotopic (exact) mass is 162 g/mol. The van der Waals surface area contributed by atoms with Crippen LogP contribution in [-0.4, -0.2) is 0 Å². The average molecular weight is 162 g/mol. The van der Waals surface area contributed by atoms with Crippen molar-refractivity contribution in [3.8, 4) is 0 Å². The van der Waals surface area contributed by atoms with Crippen LogP contribution in [0.15, 0.2) is 24.3 Å². The summed E-state index contributed by atoms with van der Waals surface area (Å²) in [7, 11) is 0. The number of hydrogen-bond donors (Lipinski definition) is 0. The van der Waals surface area contributed by atoms with Crippen LogP contribution in [0.4, 0.5) is 0 Å². The van der Waals surface area contributed by atoms with Gasteiger partial charge in [-0.05, 0) is 50.4 Å². The van der Waals surface area contributed by atoms with Crippen LogP contribution in [0.2, 0.25) is 0 Å². The molecule has 1 fully saturated rings. The van der Waals surface area contributed by atoms with Crippen molar-refractivity contribution in [3.63, 3.8) is 0 Å². The molecule has 0 spiro atoms. The highest BCUT2D eigenvalue weighted by atomic mass is 14.4. The zero-order valence-electron chi connectivity index (χ0n) is 7.76. The maximum absolute atomic E-state index is 4.21. The molecule has 2 unspecified atom stereocenters. The van der Waals surface area contributed by atoms with E-state index in [1.165, 1.54) is 44.1 Å². The molecule has 0 heteroatoms. The lowest BCUT2D eigenvalue weighted by molar-refractivity contribution is 0.199. The van der Waals surface area contributed by atoms with Gasteiger partial charge in [-0.3, -0.25) is 0 Å². The molecule has 0 aliphatic heterocycles. The fourth-order valence-corrected chi connectivity index (χ4v) is 2.45. The van der Waals surface area contributed by atoms with Gasteiger partial charge >= 0.3 is 0 Å². The van der Waals surface area contributed by atoms with E-state index in [4.69, 9.17) is 0 Å². The molecule has 2 atom stereocenters. The molecule has 2 aliphatic carbocycles. The molecule has 0 N–H and O–H groups in total. The molecule has 0 amide bonds. The second-order valence-electron chi connectivity index (χ2n) is 4.19. The second-order valence-corrected chi connectivity index (χ2v) is 4.19. The fraction of sp³-hybridized carbons (Fsp3) is 0.667. The largest absolute Gasteiger partial charge is 0.0996 e. The molecule has 0 aromatic heterocycles. The van der Waals surface area contributed by atoms with E-state index in [-0.39, 0.29) is 0 Å². The summed E-state index contributed by atoms with van der Waals surface area (Å²) in [6.45, 7) is 4.21. The van der Waals surface area contributed by atoms with Gasteiger partial charge in [0.05, 0.1) is 0 Å². The maximum Gasteiger partial charge on any atom is -0.0177 e. The maximum atomic E-state index is 4.21. The van der Waals surface area contributed by atoms with Crippen LogP contribution in [0.1, 0.15) is 38.5 Å². The van der Waals surface area contributed by atoms with E-state index < -0.39 is 0 Å². The first kappa shape index (κ1) is 8.10. The van der Waals surface area contributed by atoms with Crippen LogP contribution in [0, 0.1) is 11.8 Å². The van der Waals surface area contributed by atoms with Crippen LogP contribution in [0.25, 0.3) is 0 Å². The Morgan fingerprint density at radius 3 is 2.67 bits per heavy atom. The molecule has 0 bridgehead atoms. The quantitative estimate of drug-likeness (QED) is 0.476. The van der Waals surface area contributed by atoms with Gasteiger partial charge in [-0.15, -0.1) is 0 Å². The highest BCUT2D eigenvalue weighted by Crippen LogP contribution is 2.43. The molecule has 0 nitrogen and oxygen atoms in total. The summed E-state index contributed by atoms with van der Waals surface area (Å²) < 4.78 is 0. The van der Waals surface area contributed by atoms with Gasteiger partial charge < -0.3 is 0 Å². The van der Waals surface area contributed by atoms with Crippen molar-refractivity contribution in [3.05, 3.63) is 24.3 Å². The Bertz CT molecular complexity index is 200. The Morgan fingerprint density at radius 2 is 1.92 bits per heavy atom. The smallest absolute Gasteiger partial charge is 0.0177 e. The molecule has 2 aliphatic rings. The third-order valence-electron chi connectivity index (χ3n) is 3.44. The number of rotatable bonds is 0. The van der Waals surface area contributed by atoms with E-state index in [2.05, 4.69) is 18.7 Å². The van der Waals surface area contributed by atoms with Crippen molar-refractivity contribution >= 4 is 0 Å². The van der Waals surface area contributed by atoms with Gasteiger partial charge in [0.15, 0.2) is 0 Å². The topological polar surface area (TPSA) is 0 Å². The SMILES string of the molecule is C=C1CCC=CCCC2CCC12. The first-order valence-electron chi connectivity index (χ1n) is 5.20. The van der Waals surface area contributed by atoms with Gasteiger partial charge in [-0.2, -0.15) is 0 Å². The van der Waals surface area contributed by atoms with Crippen LogP contribution in [0.5, 0.6) is 0 Å². The van der Waals surface area contributed by atoms with E-state index in [0.29, 0.717) is 0 Å². The number of fused-ring (bicyclic) bond motifs is 1. The standard InChI is InChI=1S/C12H18/c1-10-6-4-2-3-5-7-11-8-9-12(10)11/h2-3,11-12H,1,4-9H2. The van der Waals surface area contributed by atoms with Crippen molar-refractivity contribution in [2.75, 3.05) is 0 Å². The van der Waals surface area contributed by atoms with E-state index in [9.17, 15) is 0 Å². The second kappa shape index (κ2) is 3.47. The predicted octanol–water partition coefficient (Wildman–Crippen LogP) is 3.70. The number of allylic oxidation sites excluding steroid dienone is 3. The first-order chi connectivity index (χ1) is 5.88. The van der Waals surface area contributed by atoms with Gasteiger partial charge in [0.1, 0.15) is 0 Å². The molecule has 0 aromatic carbocycles. The molecule has 0 saturated heterocycles. The van der Waals surface area contributed by atoms with Crippen LogP contribution in [0.3, 0.4) is 0 Å². The Balaban J connectivity index is 2.00. The lowest BCUT2D eigenvalue weighted by atomic mass is 9.67. The average Bonchev–Trinajstić information content (AvgIpc) is 2.03. The molecule has 1 saturated carbocycles. The van der Waals surface area contributed by atoms with Crippen molar-refractivity contribution < 1.29 is 0 Å². The predicted molar refractivity (Wildman–Crippen MR) is 53.0 cm³/mol. The third-order valence-corrected chi connectivity index (χ3v) is 3.44. The van der Waals surface area contributed by atoms with Crippen molar-refractivity contribution in [1.29, 1.82) is 0 Å². The Labute approximate surface area is 75.4 Å². The molecular weight excluding hydrogens is 144 g/mol. The molecule has 12 heavy (non-hydrogen) atoms. The summed E-state index contributed by atoms with van der Waals surface area (Å²) in [5.74, 6) is 1.88. The fourth-order valence-electron chi connectivity index (χ4n) is 2.45. The highest BCUT2D eigenvalue weighted by molar-refractivity contribution is 5.09. The summed E-state index contributed by atoms with van der Waals surface area (Å²) >= 11 is 0. The molecule has 2 rings (SSSR count). The molecule has 0 heterocycles. The Morgan fingerprint density at radius 1 is 1.08 bits per heavy atom. The van der Waals surface area contributed by atoms with Crippen LogP contribution >= 0.6 is 0 Å². The van der Waals surface area contributed by atoms with Crippen molar-refractivity contribution in [2.45, 2.75) is 38.5 Å². The van der Waals surface area contributed by atoms with E-state index in [1.54, 1.807) is 0 Å². The summed E-state index contributed by atoms with van der Waals surface area (Å²) in [5, 5.41) is 0. The summed E-state index contributed by atoms with van der Waals surface area (Å²) in [6, 6.07) is 0. The lowest BCUT2D eigenvalue weighted by Crippen LogP contribution is -2.26. The van der Waals surface area contributed by atoms with Gasteiger partial charge in [0, 0.05) is 0 Å². The van der Waals surface area contributed by atoms with Crippen molar-refractivity contribution in [2.24, 2.45) is 11.8 Å². The van der Waals surface area contributed by atoms with Gasteiger partial charge in [-0.1, -0.05) is 24.3 Å². The first-order valence-corrected chi connectivity index (χ1v) is 5.20. The third kappa shape index (κ3) is 1.48. The minimum atomic E-state index is 0.893. The summed E-state index contributed by atoms with van der Waals surface area (Å²) in [6.07, 6.45) is 12.7. The van der Waals surface area contributed by atoms with Gasteiger partial charge in [0.2, 0.25) is 0 Å². The van der Waals surface area contributed by atoms with E-state index >= 15 is 0 Å². The Hall–Kier alpha value is -0.520. The van der Waals surface area contributed by atoms with Crippen LogP contribution in [-0.2, 0) is 0 Å². The zero-order chi connectivity index (χ0) is 8.39. The summed E-state index contributed by atoms with van der Waals surface area (Å²) in [4.78, 5) is 0. The van der Waals surface area contributed by atoms with E-state index in [1.807, 2.05) is 0 Å².